The van der Waals surface area contributed by atoms with E-state index >= 15 is 0 Å². The molecular weight excluding hydrogens is 394 g/mol. The Labute approximate surface area is 143 Å². The molecule has 0 saturated carbocycles. The third-order valence-electron chi connectivity index (χ3n) is 3.04. The Balaban J connectivity index is 2.04. The number of nitrogens with one attached hydrogen (secondary N) is 1. The van der Waals surface area contributed by atoms with Crippen LogP contribution in [0.5, 0.6) is 5.75 Å². The van der Waals surface area contributed by atoms with Crippen LogP contribution in [0.3, 0.4) is 0 Å². The van der Waals surface area contributed by atoms with E-state index in [9.17, 15) is 0 Å². The summed E-state index contributed by atoms with van der Waals surface area (Å²) >= 11 is 7.01. The van der Waals surface area contributed by atoms with Gasteiger partial charge in [-0.15, -0.1) is 0 Å². The molecule has 0 radical (unpaired) electrons. The topological polar surface area (TPSA) is 21.3 Å². The summed E-state index contributed by atoms with van der Waals surface area (Å²) in [5.74, 6) is 0.916. The van der Waals surface area contributed by atoms with Crippen LogP contribution < -0.4 is 10.1 Å². The minimum Gasteiger partial charge on any atom is -0.491 e. The number of benzene rings is 2. The van der Waals surface area contributed by atoms with Crippen LogP contribution in [0.25, 0.3) is 0 Å². The highest BCUT2D eigenvalue weighted by Gasteiger charge is 2.04. The molecular formula is C17H19Br2NO. The van der Waals surface area contributed by atoms with E-state index in [1.807, 2.05) is 26.0 Å². The van der Waals surface area contributed by atoms with Crippen LogP contribution in [0.1, 0.15) is 25.0 Å². The Morgan fingerprint density at radius 1 is 1.05 bits per heavy atom. The minimum absolute atomic E-state index is 0.198. The summed E-state index contributed by atoms with van der Waals surface area (Å²) in [4.78, 5) is 0. The molecule has 1 N–H and O–H groups in total. The van der Waals surface area contributed by atoms with Gasteiger partial charge in [-0.1, -0.05) is 6.07 Å². The maximum absolute atomic E-state index is 5.70. The summed E-state index contributed by atoms with van der Waals surface area (Å²) in [5, 5.41) is 3.46. The van der Waals surface area contributed by atoms with Crippen molar-refractivity contribution in [3.8, 4) is 5.75 Å². The Bertz CT molecular complexity index is 626. The fraction of sp³-hybridized carbons (Fsp3) is 0.294. The van der Waals surface area contributed by atoms with Gasteiger partial charge >= 0.3 is 0 Å². The van der Waals surface area contributed by atoms with E-state index < -0.39 is 0 Å². The van der Waals surface area contributed by atoms with E-state index in [4.69, 9.17) is 4.74 Å². The van der Waals surface area contributed by atoms with Gasteiger partial charge in [0.05, 0.1) is 6.10 Å². The highest BCUT2D eigenvalue weighted by molar-refractivity contribution is 9.13. The van der Waals surface area contributed by atoms with E-state index in [1.54, 1.807) is 0 Å². The molecule has 0 heterocycles. The molecule has 0 aliphatic rings. The molecule has 2 nitrogen and oxygen atoms in total. The lowest BCUT2D eigenvalue weighted by Gasteiger charge is -2.14. The van der Waals surface area contributed by atoms with Crippen LogP contribution in [0.2, 0.25) is 0 Å². The van der Waals surface area contributed by atoms with Crippen molar-refractivity contribution in [3.63, 3.8) is 0 Å². The maximum atomic E-state index is 5.70. The van der Waals surface area contributed by atoms with Gasteiger partial charge < -0.3 is 10.1 Å². The fourth-order valence-electron chi connectivity index (χ4n) is 2.03. The number of anilines is 1. The van der Waals surface area contributed by atoms with E-state index in [0.29, 0.717) is 0 Å². The summed E-state index contributed by atoms with van der Waals surface area (Å²) < 4.78 is 7.84. The van der Waals surface area contributed by atoms with Gasteiger partial charge in [-0.05, 0) is 94.1 Å². The number of rotatable bonds is 5. The molecule has 2 aromatic carbocycles. The standard InChI is InChI=1S/C17H19Br2NO/c1-11(2)21-14-5-7-17(12(3)8-14)20-10-13-4-6-15(18)16(19)9-13/h4-9,11,20H,10H2,1-3H3. The first-order chi connectivity index (χ1) is 9.95. The molecule has 112 valence electrons. The summed E-state index contributed by atoms with van der Waals surface area (Å²) in [6.07, 6.45) is 0.198. The van der Waals surface area contributed by atoms with Crippen molar-refractivity contribution in [2.45, 2.75) is 33.4 Å². The van der Waals surface area contributed by atoms with Crippen LogP contribution >= 0.6 is 31.9 Å². The Hall–Kier alpha value is -1.000. The monoisotopic (exact) mass is 411 g/mol. The van der Waals surface area contributed by atoms with Crippen molar-refractivity contribution in [2.75, 3.05) is 5.32 Å². The lowest BCUT2D eigenvalue weighted by molar-refractivity contribution is 0.242. The molecule has 0 unspecified atom stereocenters. The average molecular weight is 413 g/mol. The van der Waals surface area contributed by atoms with Crippen molar-refractivity contribution in [3.05, 3.63) is 56.5 Å². The fourth-order valence-corrected chi connectivity index (χ4v) is 2.70. The van der Waals surface area contributed by atoms with Crippen molar-refractivity contribution in [1.29, 1.82) is 0 Å². The van der Waals surface area contributed by atoms with Crippen LogP contribution in [-0.4, -0.2) is 6.10 Å². The average Bonchev–Trinajstić information content (AvgIpc) is 2.41. The van der Waals surface area contributed by atoms with Gasteiger partial charge in [0.2, 0.25) is 0 Å². The second-order valence-electron chi connectivity index (χ2n) is 5.25. The van der Waals surface area contributed by atoms with Crippen molar-refractivity contribution < 1.29 is 4.74 Å². The van der Waals surface area contributed by atoms with E-state index in [1.165, 1.54) is 11.1 Å². The van der Waals surface area contributed by atoms with Gasteiger partial charge in [0.15, 0.2) is 0 Å². The van der Waals surface area contributed by atoms with E-state index in [0.717, 1.165) is 26.9 Å². The number of halogens is 2. The van der Waals surface area contributed by atoms with E-state index in [2.05, 4.69) is 68.4 Å². The molecule has 2 rings (SSSR count). The zero-order valence-corrected chi connectivity index (χ0v) is 15.6. The number of aryl methyl sites for hydroxylation is 1. The summed E-state index contributed by atoms with van der Waals surface area (Å²) in [7, 11) is 0. The molecule has 0 aliphatic heterocycles. The molecule has 0 aromatic heterocycles. The highest BCUT2D eigenvalue weighted by Crippen LogP contribution is 2.25. The number of hydrogen-bond acceptors (Lipinski definition) is 2. The van der Waals surface area contributed by atoms with Gasteiger partial charge in [-0.3, -0.25) is 0 Å². The molecule has 0 spiro atoms. The lowest BCUT2D eigenvalue weighted by Crippen LogP contribution is -2.06. The first-order valence-electron chi connectivity index (χ1n) is 6.91. The second kappa shape index (κ2) is 7.32. The summed E-state index contributed by atoms with van der Waals surface area (Å²) in [6, 6.07) is 12.4. The Kier molecular flexibility index (Phi) is 5.71. The van der Waals surface area contributed by atoms with Crippen LogP contribution in [0.15, 0.2) is 45.3 Å². The third-order valence-corrected chi connectivity index (χ3v) is 4.92. The summed E-state index contributed by atoms with van der Waals surface area (Å²) in [6.45, 7) is 6.95. The molecule has 0 aliphatic carbocycles. The quantitative estimate of drug-likeness (QED) is 0.657. The van der Waals surface area contributed by atoms with Gasteiger partial charge in [0.25, 0.3) is 0 Å². The van der Waals surface area contributed by atoms with E-state index in [-0.39, 0.29) is 6.10 Å². The molecule has 0 atom stereocenters. The molecule has 4 heteroatoms. The molecule has 21 heavy (non-hydrogen) atoms. The third kappa shape index (κ3) is 4.75. The van der Waals surface area contributed by atoms with Crippen LogP contribution in [0, 0.1) is 6.92 Å². The molecule has 0 saturated heterocycles. The normalized spacial score (nSPS) is 10.8. The predicted molar refractivity (Wildman–Crippen MR) is 96.1 cm³/mol. The first kappa shape index (κ1) is 16.4. The lowest BCUT2D eigenvalue weighted by atomic mass is 10.1. The number of ether oxygens (including phenoxy) is 1. The Morgan fingerprint density at radius 3 is 2.43 bits per heavy atom. The SMILES string of the molecule is Cc1cc(OC(C)C)ccc1NCc1ccc(Br)c(Br)c1. The minimum atomic E-state index is 0.198. The summed E-state index contributed by atoms with van der Waals surface area (Å²) in [5.41, 5.74) is 3.54. The zero-order chi connectivity index (χ0) is 15.4. The smallest absolute Gasteiger partial charge is 0.120 e. The van der Waals surface area contributed by atoms with Crippen molar-refractivity contribution in [2.24, 2.45) is 0 Å². The largest absolute Gasteiger partial charge is 0.491 e. The second-order valence-corrected chi connectivity index (χ2v) is 6.95. The van der Waals surface area contributed by atoms with Gasteiger partial charge in [-0.2, -0.15) is 0 Å². The van der Waals surface area contributed by atoms with Crippen molar-refractivity contribution >= 4 is 37.5 Å². The van der Waals surface area contributed by atoms with Gasteiger partial charge in [-0.25, -0.2) is 0 Å². The first-order valence-corrected chi connectivity index (χ1v) is 8.49. The molecule has 0 fully saturated rings. The highest BCUT2D eigenvalue weighted by atomic mass is 79.9. The van der Waals surface area contributed by atoms with Gasteiger partial charge in [0, 0.05) is 21.2 Å². The van der Waals surface area contributed by atoms with Crippen LogP contribution in [0.4, 0.5) is 5.69 Å². The van der Waals surface area contributed by atoms with Gasteiger partial charge in [0.1, 0.15) is 5.75 Å². The zero-order valence-electron chi connectivity index (χ0n) is 12.4. The molecule has 0 bridgehead atoms. The number of hydrogen-bond donors (Lipinski definition) is 1. The predicted octanol–water partition coefficient (Wildman–Crippen LogP) is 5.92. The molecule has 2 aromatic rings. The Morgan fingerprint density at radius 2 is 1.81 bits per heavy atom. The molecule has 0 amide bonds. The maximum Gasteiger partial charge on any atom is 0.120 e. The van der Waals surface area contributed by atoms with Crippen LogP contribution in [-0.2, 0) is 6.54 Å². The van der Waals surface area contributed by atoms with Crippen molar-refractivity contribution in [1.82, 2.24) is 0 Å².